The molecule has 0 spiro atoms. The van der Waals surface area contributed by atoms with Crippen molar-refractivity contribution in [1.29, 1.82) is 0 Å². The van der Waals surface area contributed by atoms with E-state index in [1.54, 1.807) is 6.26 Å². The second-order valence-corrected chi connectivity index (χ2v) is 6.04. The molecule has 22 heavy (non-hydrogen) atoms. The van der Waals surface area contributed by atoms with E-state index in [-0.39, 0.29) is 24.2 Å². The largest absolute Gasteiger partial charge is 0.469 e. The second kappa shape index (κ2) is 5.66. The summed E-state index contributed by atoms with van der Waals surface area (Å²) in [4.78, 5) is 16.9. The molecule has 1 aromatic rings. The first-order chi connectivity index (χ1) is 10.8. The third kappa shape index (κ3) is 2.16. The number of carbonyl (C=O) groups is 1. The summed E-state index contributed by atoms with van der Waals surface area (Å²) < 4.78 is 16.2. The number of nitrogens with zero attached hydrogens (tertiary/aromatic N) is 2. The molecule has 4 unspecified atom stereocenters. The number of ether oxygens (including phenoxy) is 2. The van der Waals surface area contributed by atoms with E-state index in [1.165, 1.54) is 7.11 Å². The van der Waals surface area contributed by atoms with Crippen LogP contribution in [0.1, 0.15) is 11.8 Å². The molecule has 4 heterocycles. The average Bonchev–Trinajstić information content (AvgIpc) is 3.20. The average molecular weight is 307 g/mol. The second-order valence-electron chi connectivity index (χ2n) is 6.04. The number of hydrogen-bond donors (Lipinski definition) is 1. The highest BCUT2D eigenvalue weighted by Gasteiger charge is 2.51. The summed E-state index contributed by atoms with van der Waals surface area (Å²) in [5.41, 5.74) is 0. The van der Waals surface area contributed by atoms with Crippen molar-refractivity contribution in [2.24, 2.45) is 5.92 Å². The van der Waals surface area contributed by atoms with Crippen LogP contribution in [0.2, 0.25) is 0 Å². The lowest BCUT2D eigenvalue weighted by Gasteiger charge is -2.43. The minimum absolute atomic E-state index is 0.0979. The van der Waals surface area contributed by atoms with E-state index in [0.717, 1.165) is 32.1 Å². The number of fused-ring (bicyclic) bond motifs is 3. The van der Waals surface area contributed by atoms with Gasteiger partial charge in [0.05, 0.1) is 38.5 Å². The molecule has 3 fully saturated rings. The minimum Gasteiger partial charge on any atom is -0.469 e. The Morgan fingerprint density at radius 3 is 3.14 bits per heavy atom. The van der Waals surface area contributed by atoms with Crippen molar-refractivity contribution >= 4 is 5.97 Å². The zero-order chi connectivity index (χ0) is 15.1. The summed E-state index contributed by atoms with van der Waals surface area (Å²) >= 11 is 0. The molecule has 7 heteroatoms. The Kier molecular flexibility index (Phi) is 3.65. The van der Waals surface area contributed by atoms with Crippen LogP contribution in [0.4, 0.5) is 0 Å². The molecule has 0 aliphatic carbocycles. The van der Waals surface area contributed by atoms with Gasteiger partial charge in [-0.3, -0.25) is 19.9 Å². The smallest absolute Gasteiger partial charge is 0.312 e. The Balaban J connectivity index is 1.66. The van der Waals surface area contributed by atoms with Gasteiger partial charge in [0, 0.05) is 25.7 Å². The fourth-order valence-corrected chi connectivity index (χ4v) is 3.94. The molecule has 3 saturated heterocycles. The van der Waals surface area contributed by atoms with E-state index in [9.17, 15) is 4.79 Å². The van der Waals surface area contributed by atoms with Gasteiger partial charge >= 0.3 is 5.97 Å². The lowest BCUT2D eigenvalue weighted by atomic mass is 9.93. The molecule has 7 nitrogen and oxygen atoms in total. The normalized spacial score (nSPS) is 35.9. The topological polar surface area (TPSA) is 67.2 Å². The molecular weight excluding hydrogens is 286 g/mol. The predicted molar refractivity (Wildman–Crippen MR) is 76.8 cm³/mol. The molecule has 1 aromatic heterocycles. The van der Waals surface area contributed by atoms with Crippen molar-refractivity contribution < 1.29 is 18.7 Å². The Hall–Kier alpha value is -1.41. The molecule has 4 atom stereocenters. The Morgan fingerprint density at radius 2 is 2.36 bits per heavy atom. The van der Waals surface area contributed by atoms with Crippen LogP contribution in [0.15, 0.2) is 22.8 Å². The molecule has 0 bridgehead atoms. The maximum absolute atomic E-state index is 12.2. The molecule has 3 aliphatic heterocycles. The molecule has 0 saturated carbocycles. The van der Waals surface area contributed by atoms with E-state index >= 15 is 0 Å². The van der Waals surface area contributed by atoms with Crippen LogP contribution in [0.25, 0.3) is 0 Å². The number of hydrogen-bond acceptors (Lipinski definition) is 7. The Labute approximate surface area is 129 Å². The lowest BCUT2D eigenvalue weighted by molar-refractivity contribution is -0.152. The maximum Gasteiger partial charge on any atom is 0.312 e. The van der Waals surface area contributed by atoms with Gasteiger partial charge in [0.2, 0.25) is 0 Å². The third-order valence-electron chi connectivity index (χ3n) is 4.92. The monoisotopic (exact) mass is 307 g/mol. The zero-order valence-electron chi connectivity index (χ0n) is 12.6. The van der Waals surface area contributed by atoms with Gasteiger partial charge in [0.15, 0.2) is 0 Å². The summed E-state index contributed by atoms with van der Waals surface area (Å²) in [6, 6.07) is 4.07. The first-order valence-corrected chi connectivity index (χ1v) is 7.73. The van der Waals surface area contributed by atoms with Crippen LogP contribution in [-0.2, 0) is 14.3 Å². The number of morpholine rings is 1. The number of carbonyl (C=O) groups excluding carboxylic acids is 1. The molecule has 4 rings (SSSR count). The van der Waals surface area contributed by atoms with Gasteiger partial charge in [-0.2, -0.15) is 0 Å². The molecule has 0 radical (unpaired) electrons. The highest BCUT2D eigenvalue weighted by molar-refractivity contribution is 5.73. The molecular formula is C15H21N3O4. The van der Waals surface area contributed by atoms with E-state index < -0.39 is 0 Å². The predicted octanol–water partition coefficient (Wildman–Crippen LogP) is 0.0131. The SMILES string of the molecule is COC(=O)C1CNC2N3CCOCC3CN2C1c1ccco1. The van der Waals surface area contributed by atoms with E-state index in [1.807, 2.05) is 12.1 Å². The standard InChI is InChI=1S/C15H21N3O4/c1-20-14(19)11-7-16-15-17-4-6-21-9-10(17)8-18(15)13(11)12-3-2-5-22-12/h2-3,5,10-11,13,15-16H,4,6-9H2,1H3. The van der Waals surface area contributed by atoms with Gasteiger partial charge in [-0.25, -0.2) is 0 Å². The fourth-order valence-electron chi connectivity index (χ4n) is 3.94. The van der Waals surface area contributed by atoms with E-state index in [0.29, 0.717) is 12.6 Å². The lowest BCUT2D eigenvalue weighted by Crippen LogP contribution is -2.61. The van der Waals surface area contributed by atoms with Crippen molar-refractivity contribution in [2.75, 3.05) is 40.0 Å². The quantitative estimate of drug-likeness (QED) is 0.772. The van der Waals surface area contributed by atoms with Gasteiger partial charge in [0.25, 0.3) is 0 Å². The van der Waals surface area contributed by atoms with Gasteiger partial charge in [-0.05, 0) is 12.1 Å². The van der Waals surface area contributed by atoms with Crippen LogP contribution in [0.5, 0.6) is 0 Å². The van der Waals surface area contributed by atoms with Gasteiger partial charge in [-0.1, -0.05) is 0 Å². The fraction of sp³-hybridized carbons (Fsp3) is 0.667. The first-order valence-electron chi connectivity index (χ1n) is 7.73. The number of furan rings is 1. The van der Waals surface area contributed by atoms with Gasteiger partial charge in [-0.15, -0.1) is 0 Å². The van der Waals surface area contributed by atoms with Crippen LogP contribution < -0.4 is 5.32 Å². The van der Waals surface area contributed by atoms with Crippen LogP contribution >= 0.6 is 0 Å². The summed E-state index contributed by atoms with van der Waals surface area (Å²) in [6.07, 6.45) is 1.79. The number of methoxy groups -OCH3 is 1. The first kappa shape index (κ1) is 14.2. The van der Waals surface area contributed by atoms with Crippen molar-refractivity contribution in [2.45, 2.75) is 18.4 Å². The molecule has 0 amide bonds. The highest BCUT2D eigenvalue weighted by atomic mass is 16.5. The van der Waals surface area contributed by atoms with Gasteiger partial charge < -0.3 is 13.9 Å². The zero-order valence-corrected chi connectivity index (χ0v) is 12.6. The van der Waals surface area contributed by atoms with Crippen molar-refractivity contribution in [3.8, 4) is 0 Å². The maximum atomic E-state index is 12.2. The molecule has 1 N–H and O–H groups in total. The summed E-state index contributed by atoms with van der Waals surface area (Å²) in [5.74, 6) is 0.353. The van der Waals surface area contributed by atoms with Crippen LogP contribution in [0.3, 0.4) is 0 Å². The number of nitrogens with one attached hydrogen (secondary N) is 1. The number of esters is 1. The summed E-state index contributed by atoms with van der Waals surface area (Å²) in [5, 5.41) is 3.49. The highest BCUT2D eigenvalue weighted by Crippen LogP contribution is 2.39. The molecule has 120 valence electrons. The molecule has 3 aliphatic rings. The Bertz CT molecular complexity index is 535. The van der Waals surface area contributed by atoms with E-state index in [2.05, 4.69) is 15.1 Å². The number of rotatable bonds is 2. The van der Waals surface area contributed by atoms with Crippen LogP contribution in [0, 0.1) is 5.92 Å². The molecule has 0 aromatic carbocycles. The van der Waals surface area contributed by atoms with E-state index in [4.69, 9.17) is 13.9 Å². The van der Waals surface area contributed by atoms with Gasteiger partial charge in [0.1, 0.15) is 12.0 Å². The Morgan fingerprint density at radius 1 is 1.45 bits per heavy atom. The van der Waals surface area contributed by atoms with Crippen molar-refractivity contribution in [3.63, 3.8) is 0 Å². The van der Waals surface area contributed by atoms with Crippen molar-refractivity contribution in [1.82, 2.24) is 15.1 Å². The summed E-state index contributed by atoms with van der Waals surface area (Å²) in [7, 11) is 1.44. The summed E-state index contributed by atoms with van der Waals surface area (Å²) in [6.45, 7) is 3.85. The third-order valence-corrected chi connectivity index (χ3v) is 4.92. The minimum atomic E-state index is -0.269. The van der Waals surface area contributed by atoms with Crippen molar-refractivity contribution in [3.05, 3.63) is 24.2 Å². The van der Waals surface area contributed by atoms with Crippen LogP contribution in [-0.4, -0.2) is 68.1 Å².